The number of aromatic hydroxyl groups is 1. The molecule has 2 aromatic heterocycles. The molecule has 136 valence electrons. The van der Waals surface area contributed by atoms with Crippen LogP contribution in [0.4, 0.5) is 0 Å². The van der Waals surface area contributed by atoms with Gasteiger partial charge in [-0.3, -0.25) is 18.9 Å². The molecular weight excluding hydrogens is 322 g/mol. The van der Waals surface area contributed by atoms with E-state index >= 15 is 0 Å². The Kier molecular flexibility index (Phi) is 4.32. The number of nitrogens with zero attached hydrogens (tertiary/aromatic N) is 3. The molecule has 1 N–H and O–H groups in total. The summed E-state index contributed by atoms with van der Waals surface area (Å²) >= 11 is 0. The maximum Gasteiger partial charge on any atom is 0.281 e. The van der Waals surface area contributed by atoms with E-state index in [4.69, 9.17) is 0 Å². The van der Waals surface area contributed by atoms with Gasteiger partial charge in [0.25, 0.3) is 11.5 Å². The second-order valence-corrected chi connectivity index (χ2v) is 7.03. The number of aryl methyl sites for hydroxylation is 3. The predicted molar refractivity (Wildman–Crippen MR) is 95.4 cm³/mol. The third kappa shape index (κ3) is 2.45. The van der Waals surface area contributed by atoms with Crippen LogP contribution in [0.2, 0.25) is 0 Å². The van der Waals surface area contributed by atoms with E-state index in [1.807, 2.05) is 20.8 Å². The van der Waals surface area contributed by atoms with Crippen molar-refractivity contribution in [2.75, 3.05) is 7.05 Å². The number of carbonyl (C=O) groups is 2. The number of fused-ring (bicyclic) bond motifs is 1. The molecule has 0 fully saturated rings. The van der Waals surface area contributed by atoms with Crippen LogP contribution in [0.3, 0.4) is 0 Å². The molecule has 0 spiro atoms. The molecule has 2 rings (SSSR count). The van der Waals surface area contributed by atoms with Crippen LogP contribution in [-0.4, -0.2) is 43.5 Å². The monoisotopic (exact) mass is 347 g/mol. The van der Waals surface area contributed by atoms with Crippen LogP contribution in [0.25, 0.3) is 5.52 Å². The third-order valence-corrected chi connectivity index (χ3v) is 5.48. The van der Waals surface area contributed by atoms with Crippen molar-refractivity contribution >= 4 is 17.2 Å². The van der Waals surface area contributed by atoms with Crippen LogP contribution in [0.15, 0.2) is 4.79 Å². The van der Waals surface area contributed by atoms with Crippen molar-refractivity contribution in [3.05, 3.63) is 32.7 Å². The molecule has 0 radical (unpaired) electrons. The summed E-state index contributed by atoms with van der Waals surface area (Å²) in [7, 11) is 3.00. The van der Waals surface area contributed by atoms with E-state index < -0.39 is 17.0 Å². The van der Waals surface area contributed by atoms with Crippen LogP contribution in [0.5, 0.6) is 5.75 Å². The highest BCUT2D eigenvalue weighted by molar-refractivity contribution is 6.02. The summed E-state index contributed by atoms with van der Waals surface area (Å²) in [4.78, 5) is 38.7. The van der Waals surface area contributed by atoms with Crippen LogP contribution in [0.1, 0.15) is 48.0 Å². The zero-order valence-electron chi connectivity index (χ0n) is 16.0. The Labute approximate surface area is 146 Å². The largest absolute Gasteiger partial charge is 0.505 e. The zero-order valence-corrected chi connectivity index (χ0v) is 16.0. The predicted octanol–water partition coefficient (Wildman–Crippen LogP) is 1.71. The minimum absolute atomic E-state index is 0.216. The molecule has 0 aliphatic heterocycles. The molecule has 0 atom stereocenters. The van der Waals surface area contributed by atoms with Crippen molar-refractivity contribution in [3.63, 3.8) is 0 Å². The summed E-state index contributed by atoms with van der Waals surface area (Å²) in [5, 5.41) is 10.7. The highest BCUT2D eigenvalue weighted by atomic mass is 16.3. The van der Waals surface area contributed by atoms with Crippen molar-refractivity contribution < 1.29 is 14.7 Å². The molecule has 0 unspecified atom stereocenters. The summed E-state index contributed by atoms with van der Waals surface area (Å²) in [5.41, 5.74) is 0.948. The molecule has 0 saturated heterocycles. The van der Waals surface area contributed by atoms with Crippen molar-refractivity contribution in [1.82, 2.24) is 14.1 Å². The number of hydrogen-bond donors (Lipinski definition) is 1. The van der Waals surface area contributed by atoms with E-state index in [9.17, 15) is 19.5 Å². The number of hydrogen-bond acceptors (Lipinski definition) is 4. The Bertz CT molecular complexity index is 963. The first kappa shape index (κ1) is 18.8. The number of aromatic nitrogens is 2. The van der Waals surface area contributed by atoms with Gasteiger partial charge in [0, 0.05) is 19.8 Å². The second kappa shape index (κ2) is 5.75. The van der Waals surface area contributed by atoms with Crippen molar-refractivity contribution in [2.45, 2.75) is 47.1 Å². The molecule has 0 saturated carbocycles. The first-order valence-electron chi connectivity index (χ1n) is 8.05. The van der Waals surface area contributed by atoms with Crippen LogP contribution in [0, 0.1) is 20.8 Å². The van der Waals surface area contributed by atoms with E-state index in [1.54, 1.807) is 25.4 Å². The highest BCUT2D eigenvalue weighted by Gasteiger charge is 2.36. The Morgan fingerprint density at radius 3 is 2.12 bits per heavy atom. The first-order valence-corrected chi connectivity index (χ1v) is 8.05. The molecule has 0 bridgehead atoms. The molecule has 2 aromatic rings. The maximum atomic E-state index is 12.9. The van der Waals surface area contributed by atoms with Gasteiger partial charge in [0.1, 0.15) is 5.52 Å². The normalized spacial score (nSPS) is 11.8. The average Bonchev–Trinajstić information content (AvgIpc) is 2.76. The standard InChI is InChI=1S/C18H25N3O4/c1-9-10(2)14-15(23)13(17(25)20(8)21(14)11(9)3)16(24)19(7)18(5,6)12(4)22/h23H,1-8H3. The van der Waals surface area contributed by atoms with E-state index in [0.717, 1.165) is 16.8 Å². The molecular formula is C18H25N3O4. The molecule has 0 aliphatic carbocycles. The van der Waals surface area contributed by atoms with Crippen molar-refractivity contribution in [3.8, 4) is 5.75 Å². The maximum absolute atomic E-state index is 12.9. The second-order valence-electron chi connectivity index (χ2n) is 7.03. The van der Waals surface area contributed by atoms with E-state index in [1.165, 1.54) is 23.6 Å². The van der Waals surface area contributed by atoms with Gasteiger partial charge in [-0.05, 0) is 52.7 Å². The van der Waals surface area contributed by atoms with Gasteiger partial charge in [0.2, 0.25) is 0 Å². The fourth-order valence-corrected chi connectivity index (χ4v) is 2.91. The van der Waals surface area contributed by atoms with Gasteiger partial charge in [0.05, 0.1) is 5.54 Å². The topological polar surface area (TPSA) is 84.0 Å². The molecule has 25 heavy (non-hydrogen) atoms. The molecule has 7 heteroatoms. The number of ketones is 1. The number of carbonyl (C=O) groups excluding carboxylic acids is 2. The number of likely N-dealkylation sites (N-methyl/N-ethyl adjacent to an activating group) is 1. The summed E-state index contributed by atoms with van der Waals surface area (Å²) in [5.74, 6) is -1.25. The van der Waals surface area contributed by atoms with Crippen LogP contribution < -0.4 is 5.56 Å². The van der Waals surface area contributed by atoms with E-state index in [-0.39, 0.29) is 17.1 Å². The molecule has 7 nitrogen and oxygen atoms in total. The fourth-order valence-electron chi connectivity index (χ4n) is 2.91. The van der Waals surface area contributed by atoms with Gasteiger partial charge < -0.3 is 10.0 Å². The Morgan fingerprint density at radius 2 is 1.64 bits per heavy atom. The summed E-state index contributed by atoms with van der Waals surface area (Å²) in [6.07, 6.45) is 0. The Hall–Kier alpha value is -2.57. The number of Topliss-reactive ketones (excluding diaryl/α,β-unsaturated/α-hetero) is 1. The average molecular weight is 347 g/mol. The van der Waals surface area contributed by atoms with E-state index in [0.29, 0.717) is 5.52 Å². The lowest BCUT2D eigenvalue weighted by Crippen LogP contribution is -2.51. The Balaban J connectivity index is 2.84. The highest BCUT2D eigenvalue weighted by Crippen LogP contribution is 2.31. The quantitative estimate of drug-likeness (QED) is 0.916. The lowest BCUT2D eigenvalue weighted by atomic mass is 9.97. The molecule has 0 aromatic carbocycles. The van der Waals surface area contributed by atoms with Gasteiger partial charge in [-0.1, -0.05) is 0 Å². The molecule has 2 heterocycles. The van der Waals surface area contributed by atoms with Gasteiger partial charge in [-0.2, -0.15) is 0 Å². The minimum atomic E-state index is -1.09. The van der Waals surface area contributed by atoms with Crippen LogP contribution in [-0.2, 0) is 11.8 Å². The smallest absolute Gasteiger partial charge is 0.281 e. The Morgan fingerprint density at radius 1 is 1.12 bits per heavy atom. The van der Waals surface area contributed by atoms with Gasteiger partial charge in [-0.15, -0.1) is 0 Å². The number of rotatable bonds is 3. The van der Waals surface area contributed by atoms with Crippen LogP contribution >= 0.6 is 0 Å². The minimum Gasteiger partial charge on any atom is -0.505 e. The fraction of sp³-hybridized carbons (Fsp3) is 0.500. The lowest BCUT2D eigenvalue weighted by Gasteiger charge is -2.33. The number of amides is 1. The zero-order chi connectivity index (χ0) is 19.4. The van der Waals surface area contributed by atoms with Crippen molar-refractivity contribution in [1.29, 1.82) is 0 Å². The van der Waals surface area contributed by atoms with Gasteiger partial charge >= 0.3 is 0 Å². The SMILES string of the molecule is CC(=O)C(C)(C)N(C)C(=O)c1c(O)c2c(C)c(C)c(C)n2n(C)c1=O. The summed E-state index contributed by atoms with van der Waals surface area (Å²) < 4.78 is 2.92. The van der Waals surface area contributed by atoms with Crippen molar-refractivity contribution in [2.24, 2.45) is 7.05 Å². The lowest BCUT2D eigenvalue weighted by molar-refractivity contribution is -0.125. The molecule has 1 amide bonds. The van der Waals surface area contributed by atoms with E-state index in [2.05, 4.69) is 0 Å². The summed E-state index contributed by atoms with van der Waals surface area (Å²) in [6, 6.07) is 0. The third-order valence-electron chi connectivity index (χ3n) is 5.48. The van der Waals surface area contributed by atoms with Gasteiger partial charge in [0.15, 0.2) is 17.1 Å². The first-order chi connectivity index (χ1) is 11.4. The summed E-state index contributed by atoms with van der Waals surface area (Å²) in [6.45, 7) is 10.2. The molecule has 0 aliphatic rings. The van der Waals surface area contributed by atoms with Gasteiger partial charge in [-0.25, -0.2) is 4.68 Å².